The van der Waals surface area contributed by atoms with Crippen LogP contribution in [0.25, 0.3) is 0 Å². The Hall–Kier alpha value is -1.36. The number of ether oxygens (including phenoxy) is 1. The SMILES string of the molecule is CCC(C)N(CCOC)C(=O)C(C)=C(C)C(=O)O. The van der Waals surface area contributed by atoms with Gasteiger partial charge in [-0.1, -0.05) is 6.92 Å². The van der Waals surface area contributed by atoms with E-state index in [1.165, 1.54) is 6.92 Å². The van der Waals surface area contributed by atoms with Gasteiger partial charge in [0.1, 0.15) is 0 Å². The molecule has 0 heterocycles. The van der Waals surface area contributed by atoms with Crippen molar-refractivity contribution in [1.82, 2.24) is 4.90 Å². The predicted molar refractivity (Wildman–Crippen MR) is 69.4 cm³/mol. The Bertz CT molecular complexity index is 336. The highest BCUT2D eigenvalue weighted by Crippen LogP contribution is 2.12. The molecule has 1 N–H and O–H groups in total. The molecule has 0 radical (unpaired) electrons. The molecule has 5 nitrogen and oxygen atoms in total. The number of hydrogen-bond donors (Lipinski definition) is 1. The van der Waals surface area contributed by atoms with E-state index in [-0.39, 0.29) is 23.1 Å². The smallest absolute Gasteiger partial charge is 0.331 e. The summed E-state index contributed by atoms with van der Waals surface area (Å²) in [6.45, 7) is 7.83. The Labute approximate surface area is 108 Å². The lowest BCUT2D eigenvalue weighted by Crippen LogP contribution is -2.41. The Morgan fingerprint density at radius 3 is 2.22 bits per heavy atom. The van der Waals surface area contributed by atoms with Gasteiger partial charge in [0.15, 0.2) is 0 Å². The molecule has 5 heteroatoms. The van der Waals surface area contributed by atoms with Crippen LogP contribution in [-0.4, -0.2) is 48.2 Å². The Morgan fingerprint density at radius 2 is 1.83 bits per heavy atom. The van der Waals surface area contributed by atoms with Crippen molar-refractivity contribution >= 4 is 11.9 Å². The van der Waals surface area contributed by atoms with Crippen molar-refractivity contribution in [3.05, 3.63) is 11.1 Å². The van der Waals surface area contributed by atoms with Crippen LogP contribution in [0.2, 0.25) is 0 Å². The summed E-state index contributed by atoms with van der Waals surface area (Å²) >= 11 is 0. The van der Waals surface area contributed by atoms with Gasteiger partial charge in [-0.15, -0.1) is 0 Å². The van der Waals surface area contributed by atoms with Gasteiger partial charge in [0.25, 0.3) is 0 Å². The molecule has 1 unspecified atom stereocenters. The van der Waals surface area contributed by atoms with Gasteiger partial charge in [-0.25, -0.2) is 4.79 Å². The maximum absolute atomic E-state index is 12.2. The highest BCUT2D eigenvalue weighted by molar-refractivity contribution is 6.01. The van der Waals surface area contributed by atoms with E-state index in [0.717, 1.165) is 6.42 Å². The summed E-state index contributed by atoms with van der Waals surface area (Å²) in [5.74, 6) is -1.29. The van der Waals surface area contributed by atoms with E-state index in [1.807, 2.05) is 13.8 Å². The molecule has 0 saturated heterocycles. The third-order valence-corrected chi connectivity index (χ3v) is 3.12. The summed E-state index contributed by atoms with van der Waals surface area (Å²) in [7, 11) is 1.57. The van der Waals surface area contributed by atoms with Crippen LogP contribution >= 0.6 is 0 Å². The fourth-order valence-electron chi connectivity index (χ4n) is 1.47. The van der Waals surface area contributed by atoms with Crippen molar-refractivity contribution in [1.29, 1.82) is 0 Å². The van der Waals surface area contributed by atoms with Gasteiger partial charge in [0.2, 0.25) is 5.91 Å². The normalized spacial score (nSPS) is 13.8. The highest BCUT2D eigenvalue weighted by atomic mass is 16.5. The van der Waals surface area contributed by atoms with Crippen LogP contribution in [0.3, 0.4) is 0 Å². The van der Waals surface area contributed by atoms with Gasteiger partial charge >= 0.3 is 5.97 Å². The maximum Gasteiger partial charge on any atom is 0.331 e. The largest absolute Gasteiger partial charge is 0.478 e. The molecule has 0 aliphatic rings. The molecule has 0 aromatic heterocycles. The molecular formula is C13H23NO4. The van der Waals surface area contributed by atoms with E-state index in [0.29, 0.717) is 13.2 Å². The zero-order chi connectivity index (χ0) is 14.3. The molecule has 0 bridgehead atoms. The van der Waals surface area contributed by atoms with E-state index in [2.05, 4.69) is 0 Å². The lowest BCUT2D eigenvalue weighted by Gasteiger charge is -2.29. The minimum absolute atomic E-state index is 0.0594. The second-order valence-corrected chi connectivity index (χ2v) is 4.30. The number of carbonyl (C=O) groups is 2. The number of carboxylic acids is 1. The highest BCUT2D eigenvalue weighted by Gasteiger charge is 2.22. The molecule has 18 heavy (non-hydrogen) atoms. The van der Waals surface area contributed by atoms with E-state index >= 15 is 0 Å². The second-order valence-electron chi connectivity index (χ2n) is 4.30. The van der Waals surface area contributed by atoms with Crippen LogP contribution in [0.15, 0.2) is 11.1 Å². The molecule has 0 aliphatic carbocycles. The van der Waals surface area contributed by atoms with Gasteiger partial charge in [-0.2, -0.15) is 0 Å². The number of carbonyl (C=O) groups excluding carboxylic acids is 1. The molecule has 1 amide bonds. The molecule has 0 spiro atoms. The van der Waals surface area contributed by atoms with Crippen LogP contribution in [0, 0.1) is 0 Å². The predicted octanol–water partition coefficient (Wildman–Crippen LogP) is 1.68. The first-order valence-electron chi connectivity index (χ1n) is 6.07. The third-order valence-electron chi connectivity index (χ3n) is 3.12. The quantitative estimate of drug-likeness (QED) is 0.705. The van der Waals surface area contributed by atoms with Crippen molar-refractivity contribution in [2.45, 2.75) is 40.2 Å². The molecule has 0 aliphatic heterocycles. The second kappa shape index (κ2) is 7.87. The van der Waals surface area contributed by atoms with Crippen molar-refractivity contribution in [3.63, 3.8) is 0 Å². The molecule has 104 valence electrons. The molecule has 0 aromatic carbocycles. The molecule has 0 rings (SSSR count). The molecule has 0 saturated carbocycles. The Kier molecular flexibility index (Phi) is 7.27. The lowest BCUT2D eigenvalue weighted by molar-refractivity contribution is -0.134. The Balaban J connectivity index is 5.07. The zero-order valence-corrected chi connectivity index (χ0v) is 11.8. The topological polar surface area (TPSA) is 66.8 Å². The number of aliphatic carboxylic acids is 1. The Morgan fingerprint density at radius 1 is 1.28 bits per heavy atom. The maximum atomic E-state index is 12.2. The van der Waals surface area contributed by atoms with Crippen molar-refractivity contribution < 1.29 is 19.4 Å². The summed E-state index contributed by atoms with van der Waals surface area (Å²) in [6, 6.07) is 0.0594. The van der Waals surface area contributed by atoms with Crippen molar-refractivity contribution in [3.8, 4) is 0 Å². The van der Waals surface area contributed by atoms with Gasteiger partial charge < -0.3 is 14.7 Å². The minimum atomic E-state index is -1.06. The molecular weight excluding hydrogens is 234 g/mol. The van der Waals surface area contributed by atoms with E-state index < -0.39 is 5.97 Å². The standard InChI is InChI=1S/C13H23NO4/c1-6-9(2)14(7-8-18-5)12(15)10(3)11(4)13(16)17/h9H,6-8H2,1-5H3,(H,16,17). The van der Waals surface area contributed by atoms with Crippen LogP contribution in [0.4, 0.5) is 0 Å². The van der Waals surface area contributed by atoms with Gasteiger partial charge in [-0.3, -0.25) is 4.79 Å². The lowest BCUT2D eigenvalue weighted by atomic mass is 10.1. The van der Waals surface area contributed by atoms with E-state index in [4.69, 9.17) is 9.84 Å². The van der Waals surface area contributed by atoms with Gasteiger partial charge in [0.05, 0.1) is 6.61 Å². The first-order chi connectivity index (χ1) is 8.36. The van der Waals surface area contributed by atoms with E-state index in [1.54, 1.807) is 18.9 Å². The zero-order valence-electron chi connectivity index (χ0n) is 11.8. The average molecular weight is 257 g/mol. The number of rotatable bonds is 7. The molecule has 0 fully saturated rings. The van der Waals surface area contributed by atoms with Gasteiger partial charge in [-0.05, 0) is 27.2 Å². The van der Waals surface area contributed by atoms with Crippen LogP contribution in [0.1, 0.15) is 34.1 Å². The summed E-state index contributed by atoms with van der Waals surface area (Å²) < 4.78 is 4.98. The average Bonchev–Trinajstić information content (AvgIpc) is 2.36. The summed E-state index contributed by atoms with van der Waals surface area (Å²) in [5, 5.41) is 8.90. The fourth-order valence-corrected chi connectivity index (χ4v) is 1.47. The monoisotopic (exact) mass is 257 g/mol. The fraction of sp³-hybridized carbons (Fsp3) is 0.692. The number of carboxylic acid groups (broad SMARTS) is 1. The number of hydrogen-bond acceptors (Lipinski definition) is 3. The van der Waals surface area contributed by atoms with Crippen LogP contribution in [-0.2, 0) is 14.3 Å². The minimum Gasteiger partial charge on any atom is -0.478 e. The van der Waals surface area contributed by atoms with E-state index in [9.17, 15) is 9.59 Å². The summed E-state index contributed by atoms with van der Waals surface area (Å²) in [6.07, 6.45) is 0.814. The summed E-state index contributed by atoms with van der Waals surface area (Å²) in [5.41, 5.74) is 0.365. The first kappa shape index (κ1) is 16.6. The van der Waals surface area contributed by atoms with Gasteiger partial charge in [0, 0.05) is 30.8 Å². The molecule has 0 aromatic rings. The summed E-state index contributed by atoms with van der Waals surface area (Å²) in [4.78, 5) is 24.8. The van der Waals surface area contributed by atoms with Crippen molar-refractivity contribution in [2.24, 2.45) is 0 Å². The number of nitrogens with zero attached hydrogens (tertiary/aromatic N) is 1. The number of amides is 1. The molecule has 1 atom stereocenters. The number of methoxy groups -OCH3 is 1. The van der Waals surface area contributed by atoms with Crippen molar-refractivity contribution in [2.75, 3.05) is 20.3 Å². The van der Waals surface area contributed by atoms with Crippen LogP contribution in [0.5, 0.6) is 0 Å². The third kappa shape index (κ3) is 4.49. The first-order valence-corrected chi connectivity index (χ1v) is 6.07. The van der Waals surface area contributed by atoms with Crippen LogP contribution < -0.4 is 0 Å².